The van der Waals surface area contributed by atoms with E-state index in [4.69, 9.17) is 18.9 Å². The Labute approximate surface area is 170 Å². The Balaban J connectivity index is 2.06. The third-order valence-corrected chi connectivity index (χ3v) is 5.60. The van der Waals surface area contributed by atoms with Crippen LogP contribution in [0, 0.1) is 0 Å². The maximum atomic E-state index is 13.3. The Bertz CT molecular complexity index is 1000. The molecule has 0 aliphatic carbocycles. The van der Waals surface area contributed by atoms with Crippen molar-refractivity contribution in [3.63, 3.8) is 0 Å². The number of rotatable bonds is 5. The summed E-state index contributed by atoms with van der Waals surface area (Å²) in [5, 5.41) is 0. The third-order valence-electron chi connectivity index (χ3n) is 4.11. The summed E-state index contributed by atoms with van der Waals surface area (Å²) in [6.45, 7) is 2.94. The summed E-state index contributed by atoms with van der Waals surface area (Å²) in [7, 11) is 1.31. The molecule has 7 nitrogen and oxygen atoms in total. The van der Waals surface area contributed by atoms with Crippen molar-refractivity contribution in [3.05, 3.63) is 53.6 Å². The van der Waals surface area contributed by atoms with Gasteiger partial charge in [0.2, 0.25) is 0 Å². The van der Waals surface area contributed by atoms with Gasteiger partial charge in [0.1, 0.15) is 17.1 Å². The average Bonchev–Trinajstić information content (AvgIpc) is 2.69. The second-order valence-electron chi connectivity index (χ2n) is 6.56. The minimum absolute atomic E-state index is 0.272. The van der Waals surface area contributed by atoms with Crippen LogP contribution in [0.25, 0.3) is 6.08 Å². The quantitative estimate of drug-likeness (QED) is 0.420. The van der Waals surface area contributed by atoms with Crippen molar-refractivity contribution in [2.24, 2.45) is 0 Å². The molecule has 0 bridgehead atoms. The molecule has 1 atom stereocenters. The predicted octanol–water partition coefficient (Wildman–Crippen LogP) is 3.09. The highest BCUT2D eigenvalue weighted by atomic mass is 32.2. The van der Waals surface area contributed by atoms with E-state index >= 15 is 0 Å². The molecule has 0 amide bonds. The van der Waals surface area contributed by atoms with E-state index in [9.17, 15) is 13.8 Å². The first kappa shape index (κ1) is 20.6. The van der Waals surface area contributed by atoms with Crippen LogP contribution in [0.2, 0.25) is 0 Å². The van der Waals surface area contributed by atoms with Crippen LogP contribution in [-0.2, 0) is 29.9 Å². The summed E-state index contributed by atoms with van der Waals surface area (Å²) in [6.07, 6.45) is 1.32. The molecule has 8 heteroatoms. The van der Waals surface area contributed by atoms with Gasteiger partial charge >= 0.3 is 11.9 Å². The van der Waals surface area contributed by atoms with Crippen LogP contribution in [0.3, 0.4) is 0 Å². The Hall–Kier alpha value is -3.13. The van der Waals surface area contributed by atoms with E-state index in [1.165, 1.54) is 34.1 Å². The Morgan fingerprint density at radius 2 is 1.59 bits per heavy atom. The highest BCUT2D eigenvalue weighted by molar-refractivity contribution is 7.85. The van der Waals surface area contributed by atoms with Crippen LogP contribution >= 0.6 is 0 Å². The van der Waals surface area contributed by atoms with Gasteiger partial charge in [0, 0.05) is 19.9 Å². The van der Waals surface area contributed by atoms with Gasteiger partial charge in [0.15, 0.2) is 0 Å². The van der Waals surface area contributed by atoms with E-state index in [0.717, 1.165) is 0 Å². The second-order valence-corrected chi connectivity index (χ2v) is 7.98. The largest absolute Gasteiger partial charge is 0.497 e. The fourth-order valence-electron chi connectivity index (χ4n) is 2.75. The summed E-state index contributed by atoms with van der Waals surface area (Å²) in [6, 6.07) is 11.7. The zero-order valence-corrected chi connectivity index (χ0v) is 17.2. The van der Waals surface area contributed by atoms with Gasteiger partial charge in [0.05, 0.1) is 34.8 Å². The first-order chi connectivity index (χ1) is 13.8. The molecule has 1 heterocycles. The molecular formula is C21H20O7S. The van der Waals surface area contributed by atoms with E-state index in [1.807, 2.05) is 0 Å². The van der Waals surface area contributed by atoms with Gasteiger partial charge in [-0.15, -0.1) is 0 Å². The molecule has 152 valence electrons. The van der Waals surface area contributed by atoms with E-state index in [1.54, 1.807) is 42.5 Å². The number of hydrogen-bond donors (Lipinski definition) is 0. The standard InChI is InChI=1S/C21H20O7S/c1-21(2)27-19(22)15(20(23)28-21)11-13-7-5-6-8-17(13)29(24)18-12-14(25-3)9-10-16(18)26-4/h5-12H,1-4H3. The first-order valence-electron chi connectivity index (χ1n) is 8.67. The van der Waals surface area contributed by atoms with Crippen molar-refractivity contribution < 1.29 is 32.7 Å². The molecule has 0 radical (unpaired) electrons. The topological polar surface area (TPSA) is 88.1 Å². The molecule has 0 aromatic heterocycles. The van der Waals surface area contributed by atoms with Gasteiger partial charge in [-0.2, -0.15) is 0 Å². The lowest BCUT2D eigenvalue weighted by molar-refractivity contribution is -0.222. The van der Waals surface area contributed by atoms with Crippen molar-refractivity contribution >= 4 is 28.8 Å². The van der Waals surface area contributed by atoms with Crippen molar-refractivity contribution in [2.75, 3.05) is 14.2 Å². The summed E-state index contributed by atoms with van der Waals surface area (Å²) >= 11 is 0. The minimum Gasteiger partial charge on any atom is -0.497 e. The number of ether oxygens (including phenoxy) is 4. The molecular weight excluding hydrogens is 396 g/mol. The van der Waals surface area contributed by atoms with E-state index in [0.29, 0.717) is 26.9 Å². The molecule has 1 aliphatic heterocycles. The van der Waals surface area contributed by atoms with E-state index in [-0.39, 0.29) is 5.57 Å². The van der Waals surface area contributed by atoms with Crippen LogP contribution in [-0.4, -0.2) is 36.2 Å². The minimum atomic E-state index is -1.68. The summed E-state index contributed by atoms with van der Waals surface area (Å²) < 4.78 is 34.1. The monoisotopic (exact) mass is 416 g/mol. The first-order valence-corrected chi connectivity index (χ1v) is 9.82. The highest BCUT2D eigenvalue weighted by Crippen LogP contribution is 2.32. The molecule has 2 aromatic carbocycles. The molecule has 1 unspecified atom stereocenters. The lowest BCUT2D eigenvalue weighted by Gasteiger charge is -2.29. The number of methoxy groups -OCH3 is 2. The molecule has 0 saturated carbocycles. The van der Waals surface area contributed by atoms with Crippen molar-refractivity contribution in [2.45, 2.75) is 29.4 Å². The fraction of sp³-hybridized carbons (Fsp3) is 0.238. The van der Waals surface area contributed by atoms with Crippen molar-refractivity contribution in [1.29, 1.82) is 0 Å². The van der Waals surface area contributed by atoms with Gasteiger partial charge in [-0.25, -0.2) is 13.8 Å². The number of esters is 2. The van der Waals surface area contributed by atoms with E-state index < -0.39 is 28.5 Å². The lowest BCUT2D eigenvalue weighted by atomic mass is 10.1. The Kier molecular flexibility index (Phi) is 5.74. The van der Waals surface area contributed by atoms with Gasteiger partial charge in [-0.3, -0.25) is 0 Å². The van der Waals surface area contributed by atoms with Gasteiger partial charge in [0.25, 0.3) is 5.79 Å². The molecule has 1 saturated heterocycles. The fourth-order valence-corrected chi connectivity index (χ4v) is 4.09. The number of carbonyl (C=O) groups excluding carboxylic acids is 2. The highest BCUT2D eigenvalue weighted by Gasteiger charge is 2.39. The number of carbonyl (C=O) groups is 2. The Morgan fingerprint density at radius 3 is 2.21 bits per heavy atom. The summed E-state index contributed by atoms with van der Waals surface area (Å²) in [5.74, 6) is -1.99. The lowest BCUT2D eigenvalue weighted by Crippen LogP contribution is -2.41. The molecule has 2 aromatic rings. The maximum Gasteiger partial charge on any atom is 0.348 e. The number of benzene rings is 2. The maximum absolute atomic E-state index is 13.3. The van der Waals surface area contributed by atoms with Crippen molar-refractivity contribution in [3.8, 4) is 11.5 Å². The SMILES string of the molecule is COc1ccc(OC)c(S(=O)c2ccccc2C=C2C(=O)OC(C)(C)OC2=O)c1. The molecule has 1 aliphatic rings. The van der Waals surface area contributed by atoms with Crippen LogP contribution in [0.4, 0.5) is 0 Å². The van der Waals surface area contributed by atoms with Crippen molar-refractivity contribution in [1.82, 2.24) is 0 Å². The number of cyclic esters (lactones) is 2. The molecule has 3 rings (SSSR count). The van der Waals surface area contributed by atoms with Gasteiger partial charge in [-0.05, 0) is 29.8 Å². The molecule has 0 N–H and O–H groups in total. The average molecular weight is 416 g/mol. The van der Waals surface area contributed by atoms with Crippen LogP contribution in [0.15, 0.2) is 57.8 Å². The molecule has 1 fully saturated rings. The van der Waals surface area contributed by atoms with Gasteiger partial charge < -0.3 is 18.9 Å². The second kappa shape index (κ2) is 8.08. The van der Waals surface area contributed by atoms with Crippen LogP contribution in [0.5, 0.6) is 11.5 Å². The normalized spacial score (nSPS) is 16.5. The molecule has 0 spiro atoms. The third kappa shape index (κ3) is 4.32. The molecule has 29 heavy (non-hydrogen) atoms. The summed E-state index contributed by atoms with van der Waals surface area (Å²) in [5.41, 5.74) is 0.144. The summed E-state index contributed by atoms with van der Waals surface area (Å²) in [4.78, 5) is 25.3. The van der Waals surface area contributed by atoms with Crippen LogP contribution < -0.4 is 9.47 Å². The number of hydrogen-bond acceptors (Lipinski definition) is 7. The van der Waals surface area contributed by atoms with Crippen LogP contribution in [0.1, 0.15) is 19.4 Å². The van der Waals surface area contributed by atoms with E-state index in [2.05, 4.69) is 0 Å². The zero-order valence-electron chi connectivity index (χ0n) is 16.4. The van der Waals surface area contributed by atoms with Gasteiger partial charge in [-0.1, -0.05) is 18.2 Å². The predicted molar refractivity (Wildman–Crippen MR) is 105 cm³/mol. The zero-order chi connectivity index (χ0) is 21.2. The Morgan fingerprint density at radius 1 is 0.931 bits per heavy atom. The smallest absolute Gasteiger partial charge is 0.348 e.